The summed E-state index contributed by atoms with van der Waals surface area (Å²) in [6.07, 6.45) is 5.47. The van der Waals surface area contributed by atoms with Gasteiger partial charge in [0.05, 0.1) is 7.11 Å². The Bertz CT molecular complexity index is 503. The summed E-state index contributed by atoms with van der Waals surface area (Å²) in [6, 6.07) is 4.07. The van der Waals surface area contributed by atoms with Gasteiger partial charge in [0, 0.05) is 10.0 Å². The fourth-order valence-corrected chi connectivity index (χ4v) is 3.05. The lowest BCUT2D eigenvalue weighted by atomic mass is 9.71. The molecular weight excluding hydrogens is 294 g/mol. The van der Waals surface area contributed by atoms with Crippen LogP contribution >= 0.6 is 15.9 Å². The second kappa shape index (κ2) is 5.25. The minimum atomic E-state index is -0.416. The van der Waals surface area contributed by atoms with Crippen molar-refractivity contribution >= 4 is 22.0 Å². The van der Waals surface area contributed by atoms with E-state index in [-0.39, 0.29) is 0 Å². The number of methoxy groups -OCH3 is 1. The van der Waals surface area contributed by atoms with Gasteiger partial charge in [-0.25, -0.2) is 4.79 Å². The van der Waals surface area contributed by atoms with Crippen LogP contribution in [0.5, 0.6) is 5.75 Å². The van der Waals surface area contributed by atoms with E-state index in [0.717, 1.165) is 47.0 Å². The van der Waals surface area contributed by atoms with E-state index in [4.69, 9.17) is 4.74 Å². The molecule has 18 heavy (non-hydrogen) atoms. The summed E-state index contributed by atoms with van der Waals surface area (Å²) in [5.74, 6) is 0.861. The number of halogens is 1. The third kappa shape index (κ3) is 2.11. The molecular formula is C14H16BrNO2. The zero-order chi connectivity index (χ0) is 13.2. The molecule has 1 saturated carbocycles. The fourth-order valence-electron chi connectivity index (χ4n) is 2.54. The zero-order valence-electron chi connectivity index (χ0n) is 10.6. The summed E-state index contributed by atoms with van der Waals surface area (Å²) in [5.41, 5.74) is 1.72. The molecule has 3 nitrogen and oxygen atoms in total. The topological polar surface area (TPSA) is 38.7 Å². The van der Waals surface area contributed by atoms with Gasteiger partial charge in [0.2, 0.25) is 6.08 Å². The number of ether oxygens (including phenoxy) is 1. The highest BCUT2D eigenvalue weighted by atomic mass is 79.9. The molecule has 0 atom stereocenters. The molecule has 1 aliphatic rings. The van der Waals surface area contributed by atoms with Gasteiger partial charge in [-0.1, -0.05) is 22.9 Å². The first kappa shape index (κ1) is 13.3. The van der Waals surface area contributed by atoms with Crippen molar-refractivity contribution in [2.24, 2.45) is 4.99 Å². The molecule has 1 aliphatic carbocycles. The summed E-state index contributed by atoms with van der Waals surface area (Å²) in [4.78, 5) is 14.7. The van der Waals surface area contributed by atoms with Gasteiger partial charge in [-0.3, -0.25) is 0 Å². The second-order valence-electron chi connectivity index (χ2n) is 4.59. The van der Waals surface area contributed by atoms with E-state index in [1.807, 2.05) is 6.07 Å². The van der Waals surface area contributed by atoms with Gasteiger partial charge in [0.15, 0.2) is 0 Å². The maximum absolute atomic E-state index is 10.7. The highest BCUT2D eigenvalue weighted by Crippen LogP contribution is 2.49. The molecule has 96 valence electrons. The SMILES string of the molecule is CCc1cc(Br)cc(C2(N=C=O)CCC2)c1OC. The number of nitrogens with zero attached hydrogens (tertiary/aromatic N) is 1. The van der Waals surface area contributed by atoms with Crippen LogP contribution < -0.4 is 4.74 Å². The van der Waals surface area contributed by atoms with Crippen molar-refractivity contribution in [2.75, 3.05) is 7.11 Å². The maximum atomic E-state index is 10.7. The Hall–Kier alpha value is -1.12. The molecule has 0 radical (unpaired) electrons. The molecule has 0 N–H and O–H groups in total. The van der Waals surface area contributed by atoms with E-state index in [9.17, 15) is 4.79 Å². The van der Waals surface area contributed by atoms with Crippen molar-refractivity contribution < 1.29 is 9.53 Å². The highest BCUT2D eigenvalue weighted by Gasteiger charge is 2.41. The molecule has 0 saturated heterocycles. The summed E-state index contributed by atoms with van der Waals surface area (Å²) in [6.45, 7) is 2.09. The van der Waals surface area contributed by atoms with Gasteiger partial charge in [0.25, 0.3) is 0 Å². The van der Waals surface area contributed by atoms with E-state index < -0.39 is 5.54 Å². The zero-order valence-corrected chi connectivity index (χ0v) is 12.2. The van der Waals surface area contributed by atoms with Crippen LogP contribution in [0.4, 0.5) is 0 Å². The number of isocyanates is 1. The largest absolute Gasteiger partial charge is 0.496 e. The smallest absolute Gasteiger partial charge is 0.235 e. The second-order valence-corrected chi connectivity index (χ2v) is 5.50. The average molecular weight is 310 g/mol. The predicted octanol–water partition coefficient (Wildman–Crippen LogP) is 3.74. The predicted molar refractivity (Wildman–Crippen MR) is 73.7 cm³/mol. The van der Waals surface area contributed by atoms with Crippen LogP contribution in [0, 0.1) is 0 Å². The number of aryl methyl sites for hydroxylation is 1. The molecule has 4 heteroatoms. The Balaban J connectivity index is 2.61. The summed E-state index contributed by atoms with van der Waals surface area (Å²) in [5, 5.41) is 0. The van der Waals surface area contributed by atoms with Crippen molar-refractivity contribution in [3.8, 4) is 5.75 Å². The van der Waals surface area contributed by atoms with Crippen LogP contribution in [0.1, 0.15) is 37.3 Å². The van der Waals surface area contributed by atoms with Crippen LogP contribution in [0.15, 0.2) is 21.6 Å². The number of hydrogen-bond acceptors (Lipinski definition) is 3. The van der Waals surface area contributed by atoms with Crippen LogP contribution in [0.3, 0.4) is 0 Å². The number of aliphatic imine (C=N–C) groups is 1. The Kier molecular flexibility index (Phi) is 3.88. The van der Waals surface area contributed by atoms with E-state index in [1.165, 1.54) is 0 Å². The van der Waals surface area contributed by atoms with Crippen LogP contribution in [-0.4, -0.2) is 13.2 Å². The lowest BCUT2D eigenvalue weighted by Crippen LogP contribution is -2.32. The van der Waals surface area contributed by atoms with Gasteiger partial charge >= 0.3 is 0 Å². The van der Waals surface area contributed by atoms with Crippen molar-refractivity contribution in [1.29, 1.82) is 0 Å². The molecule has 2 rings (SSSR count). The van der Waals surface area contributed by atoms with Gasteiger partial charge < -0.3 is 4.74 Å². The third-order valence-corrected chi connectivity index (χ3v) is 4.12. The van der Waals surface area contributed by atoms with Crippen molar-refractivity contribution in [3.05, 3.63) is 27.7 Å². The lowest BCUT2D eigenvalue weighted by molar-refractivity contribution is 0.245. The Morgan fingerprint density at radius 1 is 1.50 bits per heavy atom. The highest BCUT2D eigenvalue weighted by molar-refractivity contribution is 9.10. The molecule has 1 aromatic carbocycles. The van der Waals surface area contributed by atoms with Crippen molar-refractivity contribution in [3.63, 3.8) is 0 Å². The fraction of sp³-hybridized carbons (Fsp3) is 0.500. The van der Waals surface area contributed by atoms with Gasteiger partial charge in [-0.2, -0.15) is 4.99 Å². The van der Waals surface area contributed by atoms with E-state index in [0.29, 0.717) is 0 Å². The van der Waals surface area contributed by atoms with E-state index in [2.05, 4.69) is 33.9 Å². The molecule has 0 bridgehead atoms. The normalized spacial score (nSPS) is 16.6. The lowest BCUT2D eigenvalue weighted by Gasteiger charge is -2.38. The number of carbonyl (C=O) groups excluding carboxylic acids is 1. The summed E-state index contributed by atoms with van der Waals surface area (Å²) >= 11 is 3.52. The first-order valence-electron chi connectivity index (χ1n) is 6.13. The Labute approximate surface area is 115 Å². The number of benzene rings is 1. The standard InChI is InChI=1S/C14H16BrNO2/c1-3-10-7-11(15)8-12(13(10)18-2)14(16-9-17)5-4-6-14/h7-8H,3-6H2,1-2H3. The monoisotopic (exact) mass is 309 g/mol. The first-order chi connectivity index (χ1) is 8.66. The van der Waals surface area contributed by atoms with Gasteiger partial charge in [0.1, 0.15) is 11.3 Å². The molecule has 0 aromatic heterocycles. The van der Waals surface area contributed by atoms with Crippen LogP contribution in [0.2, 0.25) is 0 Å². The molecule has 0 spiro atoms. The summed E-state index contributed by atoms with van der Waals surface area (Å²) < 4.78 is 6.54. The maximum Gasteiger partial charge on any atom is 0.235 e. The molecule has 1 aromatic rings. The third-order valence-electron chi connectivity index (χ3n) is 3.66. The Morgan fingerprint density at radius 3 is 2.67 bits per heavy atom. The molecule has 1 fully saturated rings. The molecule has 0 amide bonds. The molecule has 0 unspecified atom stereocenters. The average Bonchev–Trinajstić information content (AvgIpc) is 2.32. The molecule has 0 aliphatic heterocycles. The van der Waals surface area contributed by atoms with Crippen molar-refractivity contribution in [2.45, 2.75) is 38.1 Å². The molecule has 0 heterocycles. The van der Waals surface area contributed by atoms with E-state index >= 15 is 0 Å². The van der Waals surface area contributed by atoms with Crippen LogP contribution in [-0.2, 0) is 16.8 Å². The minimum absolute atomic E-state index is 0.416. The minimum Gasteiger partial charge on any atom is -0.496 e. The number of rotatable bonds is 4. The number of hydrogen-bond donors (Lipinski definition) is 0. The van der Waals surface area contributed by atoms with Gasteiger partial charge in [-0.05, 0) is 43.4 Å². The van der Waals surface area contributed by atoms with Crippen LogP contribution in [0.25, 0.3) is 0 Å². The van der Waals surface area contributed by atoms with E-state index in [1.54, 1.807) is 13.2 Å². The van der Waals surface area contributed by atoms with Crippen molar-refractivity contribution in [1.82, 2.24) is 0 Å². The Morgan fingerprint density at radius 2 is 2.22 bits per heavy atom. The first-order valence-corrected chi connectivity index (χ1v) is 6.92. The van der Waals surface area contributed by atoms with Gasteiger partial charge in [-0.15, -0.1) is 0 Å². The summed E-state index contributed by atoms with van der Waals surface area (Å²) in [7, 11) is 1.67. The quantitative estimate of drug-likeness (QED) is 0.628.